The van der Waals surface area contributed by atoms with Crippen LogP contribution < -0.4 is 0 Å². The summed E-state index contributed by atoms with van der Waals surface area (Å²) in [6, 6.07) is 13.7. The molecule has 0 amide bonds. The first kappa shape index (κ1) is 9.55. The van der Waals surface area contributed by atoms with E-state index in [1.807, 2.05) is 47.2 Å². The lowest BCUT2D eigenvalue weighted by Crippen LogP contribution is -1.97. The fraction of sp³-hybridized carbons (Fsp3) is 0. The van der Waals surface area contributed by atoms with Crippen molar-refractivity contribution in [2.45, 2.75) is 0 Å². The zero-order valence-corrected chi connectivity index (χ0v) is 8.91. The summed E-state index contributed by atoms with van der Waals surface area (Å²) in [7, 11) is 0. The van der Waals surface area contributed by atoms with Crippen LogP contribution in [0.25, 0.3) is 16.7 Å². The van der Waals surface area contributed by atoms with Gasteiger partial charge in [-0.05, 0) is 17.5 Å². The monoisotopic (exact) mass is 220 g/mol. The number of nitriles is 1. The first-order valence-electron chi connectivity index (χ1n) is 5.17. The molecular weight excluding hydrogens is 212 g/mol. The third-order valence-electron chi connectivity index (χ3n) is 2.61. The molecule has 0 N–H and O–H groups in total. The van der Waals surface area contributed by atoms with Gasteiger partial charge >= 0.3 is 0 Å². The SMILES string of the molecule is N#Cc1cc(-n2ccc3ccccc32)ncn1. The molecule has 1 aromatic carbocycles. The first-order valence-corrected chi connectivity index (χ1v) is 5.17. The van der Waals surface area contributed by atoms with Gasteiger partial charge in [0.1, 0.15) is 23.9 Å². The van der Waals surface area contributed by atoms with Gasteiger partial charge in [-0.1, -0.05) is 18.2 Å². The largest absolute Gasteiger partial charge is 0.301 e. The van der Waals surface area contributed by atoms with Crippen molar-refractivity contribution in [2.24, 2.45) is 0 Å². The molecule has 0 atom stereocenters. The molecule has 3 rings (SSSR count). The Bertz CT molecular complexity index is 721. The molecule has 0 aliphatic heterocycles. The highest BCUT2D eigenvalue weighted by atomic mass is 15.1. The molecule has 4 nitrogen and oxygen atoms in total. The number of hydrogen-bond donors (Lipinski definition) is 0. The Morgan fingerprint density at radius 1 is 1.12 bits per heavy atom. The molecule has 4 heteroatoms. The maximum absolute atomic E-state index is 8.82. The minimum absolute atomic E-state index is 0.368. The Morgan fingerprint density at radius 3 is 2.88 bits per heavy atom. The predicted molar refractivity (Wildman–Crippen MR) is 63.6 cm³/mol. The quantitative estimate of drug-likeness (QED) is 0.632. The summed E-state index contributed by atoms with van der Waals surface area (Å²) in [5, 5.41) is 9.97. The molecule has 0 saturated carbocycles. The third-order valence-corrected chi connectivity index (χ3v) is 2.61. The van der Waals surface area contributed by atoms with Gasteiger partial charge < -0.3 is 4.57 Å². The molecule has 0 aliphatic carbocycles. The molecule has 0 radical (unpaired) electrons. The van der Waals surface area contributed by atoms with Crippen LogP contribution in [0.2, 0.25) is 0 Å². The standard InChI is InChI=1S/C13H8N4/c14-8-11-7-13(16-9-15-11)17-6-5-10-3-1-2-4-12(10)17/h1-7,9H. The first-order chi connectivity index (χ1) is 8.38. The summed E-state index contributed by atoms with van der Waals surface area (Å²) < 4.78 is 1.94. The molecule has 80 valence electrons. The topological polar surface area (TPSA) is 54.5 Å². The van der Waals surface area contributed by atoms with Crippen LogP contribution in [0.15, 0.2) is 48.9 Å². The van der Waals surface area contributed by atoms with Crippen LogP contribution in [-0.4, -0.2) is 14.5 Å². The van der Waals surface area contributed by atoms with E-state index in [9.17, 15) is 0 Å². The van der Waals surface area contributed by atoms with Crippen molar-refractivity contribution in [3.05, 3.63) is 54.6 Å². The zero-order valence-electron chi connectivity index (χ0n) is 8.91. The number of benzene rings is 1. The van der Waals surface area contributed by atoms with Gasteiger partial charge in [0.15, 0.2) is 0 Å². The van der Waals surface area contributed by atoms with E-state index in [-0.39, 0.29) is 0 Å². The van der Waals surface area contributed by atoms with E-state index in [2.05, 4.69) is 9.97 Å². The van der Waals surface area contributed by atoms with Crippen LogP contribution in [0, 0.1) is 11.3 Å². The van der Waals surface area contributed by atoms with Crippen LogP contribution in [0.5, 0.6) is 0 Å². The molecule has 3 aromatic rings. The van der Waals surface area contributed by atoms with Crippen LogP contribution in [0.3, 0.4) is 0 Å². The van der Waals surface area contributed by atoms with Crippen LogP contribution in [-0.2, 0) is 0 Å². The molecule has 0 fully saturated rings. The molecule has 2 heterocycles. The van der Waals surface area contributed by atoms with E-state index in [0.29, 0.717) is 11.5 Å². The fourth-order valence-electron chi connectivity index (χ4n) is 1.82. The number of para-hydroxylation sites is 1. The third kappa shape index (κ3) is 1.54. The summed E-state index contributed by atoms with van der Waals surface area (Å²) in [6.45, 7) is 0. The normalized spacial score (nSPS) is 10.3. The maximum Gasteiger partial charge on any atom is 0.146 e. The highest BCUT2D eigenvalue weighted by Crippen LogP contribution is 2.18. The molecule has 2 aromatic heterocycles. The maximum atomic E-state index is 8.82. The summed E-state index contributed by atoms with van der Waals surface area (Å²) in [5.74, 6) is 0.706. The van der Waals surface area contributed by atoms with Gasteiger partial charge in [0.05, 0.1) is 5.52 Å². The van der Waals surface area contributed by atoms with E-state index in [4.69, 9.17) is 5.26 Å². The molecule has 0 saturated heterocycles. The van der Waals surface area contributed by atoms with Crippen LogP contribution >= 0.6 is 0 Å². The molecule has 0 aliphatic rings. The fourth-order valence-corrected chi connectivity index (χ4v) is 1.82. The van der Waals surface area contributed by atoms with Gasteiger partial charge in [-0.3, -0.25) is 0 Å². The Kier molecular flexibility index (Phi) is 2.09. The lowest BCUT2D eigenvalue weighted by atomic mass is 10.2. The highest BCUT2D eigenvalue weighted by molar-refractivity contribution is 5.81. The highest BCUT2D eigenvalue weighted by Gasteiger charge is 2.04. The summed E-state index contributed by atoms with van der Waals surface area (Å²) >= 11 is 0. The van der Waals surface area contributed by atoms with Crippen molar-refractivity contribution in [1.82, 2.24) is 14.5 Å². The lowest BCUT2D eigenvalue weighted by Gasteiger charge is -2.03. The van der Waals surface area contributed by atoms with Crippen molar-refractivity contribution in [3.8, 4) is 11.9 Å². The molecule has 0 bridgehead atoms. The van der Waals surface area contributed by atoms with E-state index >= 15 is 0 Å². The van der Waals surface area contributed by atoms with E-state index in [1.165, 1.54) is 6.33 Å². The minimum atomic E-state index is 0.368. The van der Waals surface area contributed by atoms with Crippen molar-refractivity contribution in [3.63, 3.8) is 0 Å². The molecule has 17 heavy (non-hydrogen) atoms. The number of hydrogen-bond acceptors (Lipinski definition) is 3. The van der Waals surface area contributed by atoms with Gasteiger partial charge in [0.25, 0.3) is 0 Å². The smallest absolute Gasteiger partial charge is 0.146 e. The molecule has 0 spiro atoms. The van der Waals surface area contributed by atoms with Gasteiger partial charge in [0, 0.05) is 12.3 Å². The van der Waals surface area contributed by atoms with Crippen LogP contribution in [0.4, 0.5) is 0 Å². The summed E-state index contributed by atoms with van der Waals surface area (Å²) in [6.07, 6.45) is 3.34. The average molecular weight is 220 g/mol. The summed E-state index contributed by atoms with van der Waals surface area (Å²) in [5.41, 5.74) is 1.43. The Balaban J connectivity index is 2.24. The number of rotatable bonds is 1. The number of aromatic nitrogens is 3. The van der Waals surface area contributed by atoms with Crippen LogP contribution in [0.1, 0.15) is 5.69 Å². The second-order valence-electron chi connectivity index (χ2n) is 3.62. The van der Waals surface area contributed by atoms with E-state index in [1.54, 1.807) is 6.07 Å². The van der Waals surface area contributed by atoms with Crippen molar-refractivity contribution >= 4 is 10.9 Å². The van der Waals surface area contributed by atoms with Crippen molar-refractivity contribution in [2.75, 3.05) is 0 Å². The van der Waals surface area contributed by atoms with Gasteiger partial charge in [-0.25, -0.2) is 9.97 Å². The second-order valence-corrected chi connectivity index (χ2v) is 3.62. The second kappa shape index (κ2) is 3.72. The van der Waals surface area contributed by atoms with Gasteiger partial charge in [-0.2, -0.15) is 5.26 Å². The van der Waals surface area contributed by atoms with Gasteiger partial charge in [-0.15, -0.1) is 0 Å². The number of nitrogens with zero attached hydrogens (tertiary/aromatic N) is 4. The average Bonchev–Trinajstić information content (AvgIpc) is 2.82. The van der Waals surface area contributed by atoms with E-state index in [0.717, 1.165) is 10.9 Å². The molecule has 0 unspecified atom stereocenters. The minimum Gasteiger partial charge on any atom is -0.301 e. The summed E-state index contributed by atoms with van der Waals surface area (Å²) in [4.78, 5) is 8.04. The Hall–Kier alpha value is -2.67. The van der Waals surface area contributed by atoms with Crippen molar-refractivity contribution < 1.29 is 0 Å². The molecular formula is C13H8N4. The van der Waals surface area contributed by atoms with Gasteiger partial charge in [0.2, 0.25) is 0 Å². The van der Waals surface area contributed by atoms with E-state index < -0.39 is 0 Å². The Morgan fingerprint density at radius 2 is 2.00 bits per heavy atom. The predicted octanol–water partition coefficient (Wildman–Crippen LogP) is 2.29. The lowest BCUT2D eigenvalue weighted by molar-refractivity contribution is 1.00. The number of fused-ring (bicyclic) bond motifs is 1. The zero-order chi connectivity index (χ0) is 11.7. The Labute approximate surface area is 97.8 Å². The van der Waals surface area contributed by atoms with Crippen molar-refractivity contribution in [1.29, 1.82) is 5.26 Å².